The van der Waals surface area contributed by atoms with Crippen LogP contribution in [0.4, 0.5) is 5.13 Å². The fourth-order valence-corrected chi connectivity index (χ4v) is 5.81. The van der Waals surface area contributed by atoms with Gasteiger partial charge in [0.15, 0.2) is 22.4 Å². The first-order chi connectivity index (χ1) is 19.3. The summed E-state index contributed by atoms with van der Waals surface area (Å²) in [5.74, 6) is -0.692. The molecule has 2 aliphatic heterocycles. The molecule has 0 bridgehead atoms. The number of hydrogen-bond acceptors (Lipinski definition) is 9. The third-order valence-corrected chi connectivity index (χ3v) is 8.02. The molecule has 2 aromatic carbocycles. The van der Waals surface area contributed by atoms with E-state index in [1.165, 1.54) is 11.8 Å². The molecule has 2 aliphatic rings. The van der Waals surface area contributed by atoms with E-state index in [1.807, 2.05) is 6.07 Å². The zero-order valence-corrected chi connectivity index (χ0v) is 23.4. The highest BCUT2D eigenvalue weighted by Gasteiger charge is 2.48. The number of anilines is 1. The molecule has 1 aromatic heterocycles. The zero-order valence-electron chi connectivity index (χ0n) is 22.6. The number of benzene rings is 2. The molecule has 3 heterocycles. The first-order valence-corrected chi connectivity index (χ1v) is 14.0. The van der Waals surface area contributed by atoms with Crippen LogP contribution in [0.15, 0.2) is 48.0 Å². The maximum Gasteiger partial charge on any atom is 0.301 e. The van der Waals surface area contributed by atoms with Crippen molar-refractivity contribution in [2.75, 3.05) is 24.7 Å². The summed E-state index contributed by atoms with van der Waals surface area (Å²) < 4.78 is 17.2. The number of thiazole rings is 1. The van der Waals surface area contributed by atoms with Gasteiger partial charge in [0.1, 0.15) is 24.7 Å². The van der Waals surface area contributed by atoms with Crippen LogP contribution in [0.2, 0.25) is 0 Å². The molecule has 0 aliphatic carbocycles. The molecule has 3 aromatic rings. The molecular formula is C30H30N2O7S. The van der Waals surface area contributed by atoms with Crippen LogP contribution >= 0.6 is 11.3 Å². The van der Waals surface area contributed by atoms with Gasteiger partial charge < -0.3 is 19.3 Å². The van der Waals surface area contributed by atoms with Gasteiger partial charge in [-0.3, -0.25) is 19.3 Å². The number of rotatable bonds is 9. The average molecular weight is 563 g/mol. The molecule has 1 saturated heterocycles. The Morgan fingerprint density at radius 2 is 1.90 bits per heavy atom. The summed E-state index contributed by atoms with van der Waals surface area (Å²) >= 11 is 1.04. The van der Waals surface area contributed by atoms with Gasteiger partial charge in [0.25, 0.3) is 5.78 Å². The van der Waals surface area contributed by atoms with E-state index in [4.69, 9.17) is 14.2 Å². The number of carbonyl (C=O) groups is 3. The summed E-state index contributed by atoms with van der Waals surface area (Å²) in [6, 6.07) is 11.0. The second-order valence-corrected chi connectivity index (χ2v) is 10.6. The fraction of sp³-hybridized carbons (Fsp3) is 0.333. The van der Waals surface area contributed by atoms with Gasteiger partial charge in [0.05, 0.1) is 28.8 Å². The number of aliphatic hydroxyl groups excluding tert-OH is 1. The molecule has 5 rings (SSSR count). The minimum absolute atomic E-state index is 0.0953. The molecule has 10 heteroatoms. The predicted molar refractivity (Wildman–Crippen MR) is 151 cm³/mol. The van der Waals surface area contributed by atoms with Crippen molar-refractivity contribution in [1.29, 1.82) is 0 Å². The highest BCUT2D eigenvalue weighted by atomic mass is 32.1. The number of ether oxygens (including phenoxy) is 3. The van der Waals surface area contributed by atoms with E-state index in [2.05, 4.69) is 11.9 Å². The van der Waals surface area contributed by atoms with Crippen LogP contribution in [-0.4, -0.2) is 47.4 Å². The Balaban J connectivity index is 1.63. The number of aliphatic hydroxyl groups is 1. The van der Waals surface area contributed by atoms with Crippen molar-refractivity contribution in [2.45, 2.75) is 46.1 Å². The summed E-state index contributed by atoms with van der Waals surface area (Å²) in [5, 5.41) is 11.7. The van der Waals surface area contributed by atoms with Crippen LogP contribution in [0.3, 0.4) is 0 Å². The molecule has 40 heavy (non-hydrogen) atoms. The summed E-state index contributed by atoms with van der Waals surface area (Å²) in [5.41, 5.74) is 1.23. The van der Waals surface area contributed by atoms with Gasteiger partial charge in [0.2, 0.25) is 0 Å². The molecule has 1 fully saturated rings. The predicted octanol–water partition coefficient (Wildman–Crippen LogP) is 5.62. The van der Waals surface area contributed by atoms with E-state index in [1.54, 1.807) is 43.3 Å². The van der Waals surface area contributed by atoms with Gasteiger partial charge in [0, 0.05) is 12.5 Å². The highest BCUT2D eigenvalue weighted by molar-refractivity contribution is 7.18. The van der Waals surface area contributed by atoms with Gasteiger partial charge in [-0.25, -0.2) is 4.98 Å². The van der Waals surface area contributed by atoms with Gasteiger partial charge >= 0.3 is 5.91 Å². The Kier molecular flexibility index (Phi) is 7.88. The molecule has 9 nitrogen and oxygen atoms in total. The molecule has 1 amide bonds. The van der Waals surface area contributed by atoms with Crippen LogP contribution in [0, 0.1) is 6.92 Å². The summed E-state index contributed by atoms with van der Waals surface area (Å²) in [6.07, 6.45) is 3.00. The summed E-state index contributed by atoms with van der Waals surface area (Å²) in [7, 11) is 0. The van der Waals surface area contributed by atoms with Gasteiger partial charge in [-0.1, -0.05) is 43.2 Å². The number of fused-ring (bicyclic) bond motifs is 1. The first kappa shape index (κ1) is 27.4. The SMILES string of the molecule is CCCCCOc1cccc([C@H]2/C(=C(\O)c3ccc4c(c3)OCCO4)C(=O)C(=O)N2c2nc(C)c(C(C)=O)s2)c1. The molecule has 1 N–H and O–H groups in total. The van der Waals surface area contributed by atoms with E-state index in [0.717, 1.165) is 30.6 Å². The normalized spacial score (nSPS) is 17.8. The minimum atomic E-state index is -1.00. The molecule has 0 radical (unpaired) electrons. The highest BCUT2D eigenvalue weighted by Crippen LogP contribution is 2.45. The largest absolute Gasteiger partial charge is 0.507 e. The van der Waals surface area contributed by atoms with E-state index >= 15 is 0 Å². The van der Waals surface area contributed by atoms with E-state index < -0.39 is 17.7 Å². The van der Waals surface area contributed by atoms with Crippen molar-refractivity contribution in [1.82, 2.24) is 4.98 Å². The summed E-state index contributed by atoms with van der Waals surface area (Å²) in [6.45, 7) is 6.52. The standard InChI is InChI=1S/C30H30N2O7S/c1-4-5-6-12-37-21-9-7-8-19(15-21)25-24(26(34)20-10-11-22-23(16-20)39-14-13-38-22)27(35)29(36)32(25)30-31-17(2)28(40-30)18(3)33/h7-11,15-16,25,34H,4-6,12-14H2,1-3H3/b26-24+/t25-/m0/s1. The molecule has 0 saturated carbocycles. The number of Topliss-reactive ketones (excluding diaryl/α,β-unsaturated/α-hetero) is 2. The lowest BCUT2D eigenvalue weighted by atomic mass is 9.95. The summed E-state index contributed by atoms with van der Waals surface area (Å²) in [4.78, 5) is 45.4. The Hall–Kier alpha value is -4.18. The first-order valence-electron chi connectivity index (χ1n) is 13.2. The number of nitrogens with zero attached hydrogens (tertiary/aromatic N) is 2. The lowest BCUT2D eigenvalue weighted by Gasteiger charge is -2.24. The number of hydrogen-bond donors (Lipinski definition) is 1. The molecule has 208 valence electrons. The van der Waals surface area contributed by atoms with Crippen LogP contribution in [0.5, 0.6) is 17.2 Å². The van der Waals surface area contributed by atoms with Crippen molar-refractivity contribution >= 4 is 39.7 Å². The monoisotopic (exact) mass is 562 g/mol. The molecule has 0 spiro atoms. The Labute approximate surface area is 236 Å². The van der Waals surface area contributed by atoms with E-state index in [-0.39, 0.29) is 22.2 Å². The quantitative estimate of drug-likeness (QED) is 0.117. The number of unbranched alkanes of at least 4 members (excludes halogenated alkanes) is 2. The second kappa shape index (κ2) is 11.5. The van der Waals surface area contributed by atoms with Crippen molar-refractivity contribution < 1.29 is 33.7 Å². The molecule has 0 unspecified atom stereocenters. The Morgan fingerprint density at radius 3 is 2.62 bits per heavy atom. The van der Waals surface area contributed by atoms with Gasteiger partial charge in [-0.2, -0.15) is 0 Å². The lowest BCUT2D eigenvalue weighted by Crippen LogP contribution is -2.29. The maximum atomic E-state index is 13.5. The Morgan fingerprint density at radius 1 is 1.12 bits per heavy atom. The zero-order chi connectivity index (χ0) is 28.4. The average Bonchev–Trinajstić information content (AvgIpc) is 3.47. The lowest BCUT2D eigenvalue weighted by molar-refractivity contribution is -0.132. The van der Waals surface area contributed by atoms with Crippen LogP contribution in [0.25, 0.3) is 5.76 Å². The van der Waals surface area contributed by atoms with Crippen molar-refractivity contribution in [3.63, 3.8) is 0 Å². The van der Waals surface area contributed by atoms with E-state index in [9.17, 15) is 19.5 Å². The number of ketones is 2. The topological polar surface area (TPSA) is 115 Å². The number of carbonyl (C=O) groups excluding carboxylic acids is 3. The van der Waals surface area contributed by atoms with Crippen LogP contribution < -0.4 is 19.1 Å². The minimum Gasteiger partial charge on any atom is -0.507 e. The van der Waals surface area contributed by atoms with Crippen molar-refractivity contribution in [3.8, 4) is 17.2 Å². The molecular weight excluding hydrogens is 532 g/mol. The molecule has 1 atom stereocenters. The van der Waals surface area contributed by atoms with Crippen LogP contribution in [-0.2, 0) is 9.59 Å². The van der Waals surface area contributed by atoms with Gasteiger partial charge in [-0.15, -0.1) is 0 Å². The van der Waals surface area contributed by atoms with Crippen molar-refractivity contribution in [2.24, 2.45) is 0 Å². The third kappa shape index (κ3) is 5.19. The Bertz CT molecular complexity index is 1510. The number of aromatic nitrogens is 1. The fourth-order valence-electron chi connectivity index (χ4n) is 4.82. The number of aryl methyl sites for hydroxylation is 1. The second-order valence-electron chi connectivity index (χ2n) is 9.62. The van der Waals surface area contributed by atoms with Gasteiger partial charge in [-0.05, 0) is 49.2 Å². The van der Waals surface area contributed by atoms with Crippen LogP contribution in [0.1, 0.15) is 65.6 Å². The smallest absolute Gasteiger partial charge is 0.301 e. The maximum absolute atomic E-state index is 13.5. The van der Waals surface area contributed by atoms with Crippen molar-refractivity contribution in [3.05, 3.63) is 69.7 Å². The number of amides is 1. The third-order valence-electron chi connectivity index (χ3n) is 6.76. The van der Waals surface area contributed by atoms with E-state index in [0.29, 0.717) is 58.8 Å².